The number of amides is 2. The van der Waals surface area contributed by atoms with E-state index in [2.05, 4.69) is 5.32 Å². The molecule has 1 aromatic carbocycles. The molecular weight excluding hydrogens is 288 g/mol. The second kappa shape index (κ2) is 6.90. The van der Waals surface area contributed by atoms with Gasteiger partial charge < -0.3 is 15.3 Å². The van der Waals surface area contributed by atoms with E-state index in [0.29, 0.717) is 13.1 Å². The van der Waals surface area contributed by atoms with Crippen molar-refractivity contribution in [1.29, 1.82) is 0 Å². The van der Waals surface area contributed by atoms with Crippen molar-refractivity contribution in [2.24, 2.45) is 0 Å². The maximum Gasteiger partial charge on any atom is 0.335 e. The van der Waals surface area contributed by atoms with E-state index in [4.69, 9.17) is 5.11 Å². The van der Waals surface area contributed by atoms with Crippen molar-refractivity contribution >= 4 is 23.3 Å². The molecule has 0 radical (unpaired) electrons. The Morgan fingerprint density at radius 3 is 2.52 bits per heavy atom. The normalized spacial score (nSPS) is 10.1. The summed E-state index contributed by atoms with van der Waals surface area (Å²) in [6.07, 6.45) is 0. The first-order valence-corrected chi connectivity index (χ1v) is 7.28. The molecule has 2 N–H and O–H groups in total. The number of nitrogens with one attached hydrogen (secondary N) is 1. The lowest BCUT2D eigenvalue weighted by Gasteiger charge is -2.17. The van der Waals surface area contributed by atoms with Crippen LogP contribution in [0.25, 0.3) is 0 Å². The lowest BCUT2D eigenvalue weighted by atomic mass is 10.1. The molecule has 1 aromatic heterocycles. The van der Waals surface area contributed by atoms with Crippen LogP contribution in [0, 0.1) is 0 Å². The molecule has 110 valence electrons. The third kappa shape index (κ3) is 4.32. The standard InChI is InChI=1S/C15H16N2O3S/c1-17(10-13-3-2-8-21-13)15(20)16-9-11-4-6-12(7-5-11)14(18)19/h2-8H,9-10H2,1H3,(H,16,20)(H,18,19). The Kier molecular flexibility index (Phi) is 4.94. The Bertz CT molecular complexity index is 608. The first-order chi connectivity index (χ1) is 10.1. The molecule has 0 aliphatic rings. The highest BCUT2D eigenvalue weighted by Crippen LogP contribution is 2.11. The summed E-state index contributed by atoms with van der Waals surface area (Å²) in [5, 5.41) is 13.6. The van der Waals surface area contributed by atoms with Crippen LogP contribution in [-0.2, 0) is 13.1 Å². The number of nitrogens with zero attached hydrogens (tertiary/aromatic N) is 1. The van der Waals surface area contributed by atoms with Crippen molar-refractivity contribution in [3.63, 3.8) is 0 Å². The zero-order valence-electron chi connectivity index (χ0n) is 11.6. The number of carboxylic acid groups (broad SMARTS) is 1. The highest BCUT2D eigenvalue weighted by molar-refractivity contribution is 7.09. The van der Waals surface area contributed by atoms with Crippen LogP contribution in [0.5, 0.6) is 0 Å². The molecule has 0 fully saturated rings. The van der Waals surface area contributed by atoms with E-state index in [1.807, 2.05) is 17.5 Å². The maximum atomic E-state index is 11.9. The number of hydrogen-bond donors (Lipinski definition) is 2. The van der Waals surface area contributed by atoms with Crippen LogP contribution in [0.4, 0.5) is 4.79 Å². The molecule has 0 saturated carbocycles. The predicted octanol–water partition coefficient (Wildman–Crippen LogP) is 2.79. The molecule has 6 heteroatoms. The zero-order valence-corrected chi connectivity index (χ0v) is 12.4. The summed E-state index contributed by atoms with van der Waals surface area (Å²) in [5.41, 5.74) is 1.10. The SMILES string of the molecule is CN(Cc1cccs1)C(=O)NCc1ccc(C(=O)O)cc1. The van der Waals surface area contributed by atoms with Crippen LogP contribution in [0.3, 0.4) is 0 Å². The molecule has 0 aliphatic carbocycles. The summed E-state index contributed by atoms with van der Waals surface area (Å²) in [7, 11) is 1.74. The van der Waals surface area contributed by atoms with Gasteiger partial charge in [0.25, 0.3) is 0 Å². The first-order valence-electron chi connectivity index (χ1n) is 6.40. The third-order valence-electron chi connectivity index (χ3n) is 2.96. The molecule has 5 nitrogen and oxygen atoms in total. The average Bonchev–Trinajstić information content (AvgIpc) is 2.98. The van der Waals surface area contributed by atoms with Gasteiger partial charge in [-0.25, -0.2) is 9.59 Å². The van der Waals surface area contributed by atoms with Crippen LogP contribution in [0.2, 0.25) is 0 Å². The van der Waals surface area contributed by atoms with Gasteiger partial charge in [0.1, 0.15) is 0 Å². The van der Waals surface area contributed by atoms with Crippen LogP contribution in [-0.4, -0.2) is 29.1 Å². The highest BCUT2D eigenvalue weighted by Gasteiger charge is 2.09. The molecular formula is C15H16N2O3S. The molecule has 2 rings (SSSR count). The number of carboxylic acids is 1. The second-order valence-electron chi connectivity index (χ2n) is 4.60. The first kappa shape index (κ1) is 15.1. The number of hydrogen-bond acceptors (Lipinski definition) is 3. The lowest BCUT2D eigenvalue weighted by Crippen LogP contribution is -2.36. The summed E-state index contributed by atoms with van der Waals surface area (Å²) in [6, 6.07) is 10.2. The Morgan fingerprint density at radius 2 is 1.95 bits per heavy atom. The van der Waals surface area contributed by atoms with Gasteiger partial charge in [-0.3, -0.25) is 0 Å². The zero-order chi connectivity index (χ0) is 15.2. The van der Waals surface area contributed by atoms with E-state index in [-0.39, 0.29) is 11.6 Å². The molecule has 2 aromatic rings. The predicted molar refractivity (Wildman–Crippen MR) is 81.4 cm³/mol. The molecule has 0 unspecified atom stereocenters. The van der Waals surface area contributed by atoms with E-state index in [1.165, 1.54) is 12.1 Å². The molecule has 0 bridgehead atoms. The smallest absolute Gasteiger partial charge is 0.335 e. The van der Waals surface area contributed by atoms with Crippen molar-refractivity contribution in [2.45, 2.75) is 13.1 Å². The molecule has 0 spiro atoms. The number of urea groups is 1. The summed E-state index contributed by atoms with van der Waals surface area (Å²) >= 11 is 1.61. The van der Waals surface area contributed by atoms with Crippen LogP contribution in [0.1, 0.15) is 20.8 Å². The topological polar surface area (TPSA) is 69.6 Å². The molecule has 0 atom stereocenters. The number of thiophene rings is 1. The maximum absolute atomic E-state index is 11.9. The number of benzene rings is 1. The summed E-state index contributed by atoms with van der Waals surface area (Å²) in [5.74, 6) is -0.957. The van der Waals surface area contributed by atoms with Gasteiger partial charge in [0, 0.05) is 18.5 Å². The molecule has 0 aliphatic heterocycles. The van der Waals surface area contributed by atoms with Gasteiger partial charge >= 0.3 is 12.0 Å². The minimum absolute atomic E-state index is 0.161. The van der Waals surface area contributed by atoms with E-state index >= 15 is 0 Å². The Morgan fingerprint density at radius 1 is 1.24 bits per heavy atom. The van der Waals surface area contributed by atoms with E-state index in [0.717, 1.165) is 10.4 Å². The van der Waals surface area contributed by atoms with Crippen LogP contribution < -0.4 is 5.32 Å². The third-order valence-corrected chi connectivity index (χ3v) is 3.83. The Hall–Kier alpha value is -2.34. The second-order valence-corrected chi connectivity index (χ2v) is 5.63. The van der Waals surface area contributed by atoms with Crippen molar-refractivity contribution < 1.29 is 14.7 Å². The van der Waals surface area contributed by atoms with E-state index < -0.39 is 5.97 Å². The minimum atomic E-state index is -0.957. The van der Waals surface area contributed by atoms with Gasteiger partial charge in [0.15, 0.2) is 0 Å². The fourth-order valence-electron chi connectivity index (χ4n) is 1.79. The van der Waals surface area contributed by atoms with Gasteiger partial charge in [-0.05, 0) is 29.1 Å². The molecule has 0 saturated heterocycles. The molecule has 1 heterocycles. The summed E-state index contributed by atoms with van der Waals surface area (Å²) in [6.45, 7) is 0.939. The van der Waals surface area contributed by atoms with Gasteiger partial charge in [-0.2, -0.15) is 0 Å². The van der Waals surface area contributed by atoms with Gasteiger partial charge in [0.05, 0.1) is 12.1 Å². The quantitative estimate of drug-likeness (QED) is 0.892. The molecule has 21 heavy (non-hydrogen) atoms. The highest BCUT2D eigenvalue weighted by atomic mass is 32.1. The van der Waals surface area contributed by atoms with Gasteiger partial charge in [0.2, 0.25) is 0 Å². The number of carbonyl (C=O) groups excluding carboxylic acids is 1. The lowest BCUT2D eigenvalue weighted by molar-refractivity contribution is 0.0697. The summed E-state index contributed by atoms with van der Waals surface area (Å²) < 4.78 is 0. The van der Waals surface area contributed by atoms with Gasteiger partial charge in [-0.15, -0.1) is 11.3 Å². The largest absolute Gasteiger partial charge is 0.478 e. The Balaban J connectivity index is 1.84. The number of carbonyl (C=O) groups is 2. The van der Waals surface area contributed by atoms with Crippen molar-refractivity contribution in [1.82, 2.24) is 10.2 Å². The van der Waals surface area contributed by atoms with Crippen molar-refractivity contribution in [2.75, 3.05) is 7.05 Å². The number of rotatable bonds is 5. The van der Waals surface area contributed by atoms with E-state index in [9.17, 15) is 9.59 Å². The fourth-order valence-corrected chi connectivity index (χ4v) is 2.54. The van der Waals surface area contributed by atoms with E-state index in [1.54, 1.807) is 35.4 Å². The monoisotopic (exact) mass is 304 g/mol. The van der Waals surface area contributed by atoms with Crippen molar-refractivity contribution in [3.05, 3.63) is 57.8 Å². The fraction of sp³-hybridized carbons (Fsp3) is 0.200. The van der Waals surface area contributed by atoms with Crippen molar-refractivity contribution in [3.8, 4) is 0 Å². The minimum Gasteiger partial charge on any atom is -0.478 e. The van der Waals surface area contributed by atoms with Gasteiger partial charge in [-0.1, -0.05) is 18.2 Å². The molecule has 2 amide bonds. The summed E-state index contributed by atoms with van der Waals surface area (Å²) in [4.78, 5) is 25.4. The Labute approximate surface area is 126 Å². The van der Waals surface area contributed by atoms with Crippen LogP contribution >= 0.6 is 11.3 Å². The number of aromatic carboxylic acids is 1. The average molecular weight is 304 g/mol. The van der Waals surface area contributed by atoms with Crippen LogP contribution in [0.15, 0.2) is 41.8 Å².